The van der Waals surface area contributed by atoms with Crippen molar-refractivity contribution < 1.29 is 19.5 Å². The van der Waals surface area contributed by atoms with Crippen molar-refractivity contribution in [1.29, 1.82) is 0 Å². The second-order valence-electron chi connectivity index (χ2n) is 4.27. The number of carbonyl (C=O) groups excluding carboxylic acids is 2. The van der Waals surface area contributed by atoms with Crippen LogP contribution in [0.5, 0.6) is 0 Å². The average Bonchev–Trinajstić information content (AvgIpc) is 2.40. The summed E-state index contributed by atoms with van der Waals surface area (Å²) in [5, 5.41) is 13.8. The number of hydrogen-bond acceptors (Lipinski definition) is 3. The van der Waals surface area contributed by atoms with Crippen molar-refractivity contribution in [2.24, 2.45) is 0 Å². The Bertz CT molecular complexity index is 482. The van der Waals surface area contributed by atoms with Crippen molar-refractivity contribution >= 4 is 29.2 Å². The third-order valence-electron chi connectivity index (χ3n) is 2.57. The summed E-state index contributed by atoms with van der Waals surface area (Å²) in [4.78, 5) is 33.0. The van der Waals surface area contributed by atoms with Crippen molar-refractivity contribution in [2.45, 2.75) is 32.6 Å². The molecule has 6 nitrogen and oxygen atoms in total. The lowest BCUT2D eigenvalue weighted by Gasteiger charge is -2.07. The molecule has 108 valence electrons. The molecule has 0 heterocycles. The fraction of sp³-hybridized carbons (Fsp3) is 0.357. The maximum absolute atomic E-state index is 11.5. The molecule has 0 fully saturated rings. The van der Waals surface area contributed by atoms with E-state index in [-0.39, 0.29) is 24.7 Å². The van der Waals surface area contributed by atoms with Crippen molar-refractivity contribution in [3.63, 3.8) is 0 Å². The smallest absolute Gasteiger partial charge is 0.303 e. The molecule has 0 spiro atoms. The van der Waals surface area contributed by atoms with E-state index in [1.165, 1.54) is 0 Å². The summed E-state index contributed by atoms with van der Waals surface area (Å²) in [5.74, 6) is -1.21. The second-order valence-corrected chi connectivity index (χ2v) is 4.27. The number of benzene rings is 1. The Labute approximate surface area is 117 Å². The van der Waals surface area contributed by atoms with Gasteiger partial charge in [-0.15, -0.1) is 0 Å². The summed E-state index contributed by atoms with van der Waals surface area (Å²) in [7, 11) is 0. The van der Waals surface area contributed by atoms with Gasteiger partial charge in [-0.25, -0.2) is 0 Å². The van der Waals surface area contributed by atoms with Crippen LogP contribution >= 0.6 is 0 Å². The molecule has 0 atom stereocenters. The summed E-state index contributed by atoms with van der Waals surface area (Å²) >= 11 is 0. The molecular weight excluding hydrogens is 260 g/mol. The van der Waals surface area contributed by atoms with E-state index in [4.69, 9.17) is 5.11 Å². The fourth-order valence-electron chi connectivity index (χ4n) is 1.51. The number of anilines is 2. The molecule has 3 N–H and O–H groups in total. The molecule has 0 aliphatic rings. The molecule has 0 aliphatic heterocycles. The Morgan fingerprint density at radius 3 is 1.90 bits per heavy atom. The zero-order chi connectivity index (χ0) is 15.0. The molecule has 0 saturated carbocycles. The van der Waals surface area contributed by atoms with Gasteiger partial charge in [0.1, 0.15) is 0 Å². The molecule has 0 bridgehead atoms. The Morgan fingerprint density at radius 1 is 0.950 bits per heavy atom. The third kappa shape index (κ3) is 5.99. The Balaban J connectivity index is 2.42. The summed E-state index contributed by atoms with van der Waals surface area (Å²) in [6.45, 7) is 1.76. The Morgan fingerprint density at radius 2 is 1.45 bits per heavy atom. The van der Waals surface area contributed by atoms with Crippen LogP contribution in [-0.4, -0.2) is 22.9 Å². The minimum absolute atomic E-state index is 0.0184. The molecule has 6 heteroatoms. The van der Waals surface area contributed by atoms with Gasteiger partial charge in [0.2, 0.25) is 11.8 Å². The zero-order valence-corrected chi connectivity index (χ0v) is 11.3. The molecule has 1 aromatic rings. The summed E-state index contributed by atoms with van der Waals surface area (Å²) in [5.41, 5.74) is 1.28. The predicted octanol–water partition coefficient (Wildman–Crippen LogP) is 2.23. The minimum atomic E-state index is -0.909. The molecule has 0 radical (unpaired) electrons. The first-order valence-electron chi connectivity index (χ1n) is 6.43. The molecule has 1 aromatic carbocycles. The number of hydrogen-bond donors (Lipinski definition) is 3. The van der Waals surface area contributed by atoms with E-state index >= 15 is 0 Å². The molecular formula is C14H18N2O4. The second kappa shape index (κ2) is 7.93. The Hall–Kier alpha value is -2.37. The highest BCUT2D eigenvalue weighted by atomic mass is 16.4. The average molecular weight is 278 g/mol. The van der Waals surface area contributed by atoms with Crippen LogP contribution in [0.3, 0.4) is 0 Å². The molecule has 1 rings (SSSR count). The van der Waals surface area contributed by atoms with Crippen LogP contribution in [-0.2, 0) is 14.4 Å². The number of carbonyl (C=O) groups is 3. The predicted molar refractivity (Wildman–Crippen MR) is 75.5 cm³/mol. The lowest BCUT2D eigenvalue weighted by atomic mass is 10.2. The topological polar surface area (TPSA) is 95.5 Å². The van der Waals surface area contributed by atoms with Gasteiger partial charge in [0.05, 0.1) is 0 Å². The normalized spacial score (nSPS) is 9.85. The lowest BCUT2D eigenvalue weighted by molar-refractivity contribution is -0.137. The van der Waals surface area contributed by atoms with Crippen molar-refractivity contribution in [1.82, 2.24) is 0 Å². The third-order valence-corrected chi connectivity index (χ3v) is 2.57. The van der Waals surface area contributed by atoms with E-state index in [1.807, 2.05) is 0 Å². The maximum atomic E-state index is 11.5. The quantitative estimate of drug-likeness (QED) is 0.712. The van der Waals surface area contributed by atoms with Crippen LogP contribution in [0.1, 0.15) is 32.6 Å². The summed E-state index contributed by atoms with van der Waals surface area (Å²) in [6.07, 6.45) is 0.865. The monoisotopic (exact) mass is 278 g/mol. The van der Waals surface area contributed by atoms with E-state index in [1.54, 1.807) is 31.2 Å². The summed E-state index contributed by atoms with van der Waals surface area (Å²) in [6, 6.07) is 6.75. The maximum Gasteiger partial charge on any atom is 0.303 e. The number of carboxylic acid groups (broad SMARTS) is 1. The van der Waals surface area contributed by atoms with Gasteiger partial charge >= 0.3 is 5.97 Å². The number of rotatable bonds is 7. The largest absolute Gasteiger partial charge is 0.481 e. The van der Waals surface area contributed by atoms with Gasteiger partial charge in [-0.3, -0.25) is 14.4 Å². The van der Waals surface area contributed by atoms with Gasteiger partial charge in [-0.05, 0) is 30.7 Å². The molecule has 0 saturated heterocycles. The number of nitrogens with one attached hydrogen (secondary N) is 2. The first kappa shape index (κ1) is 15.7. The van der Waals surface area contributed by atoms with E-state index < -0.39 is 5.97 Å². The van der Waals surface area contributed by atoms with Gasteiger partial charge in [-0.1, -0.05) is 6.92 Å². The van der Waals surface area contributed by atoms with Crippen LogP contribution in [0.4, 0.5) is 11.4 Å². The zero-order valence-electron chi connectivity index (χ0n) is 11.3. The molecule has 0 aliphatic carbocycles. The van der Waals surface area contributed by atoms with E-state index in [0.29, 0.717) is 24.2 Å². The highest BCUT2D eigenvalue weighted by Gasteiger charge is 2.05. The molecule has 0 aromatic heterocycles. The molecule has 2 amide bonds. The highest BCUT2D eigenvalue weighted by Crippen LogP contribution is 2.14. The number of carboxylic acids is 1. The number of aliphatic carboxylic acids is 1. The van der Waals surface area contributed by atoms with Crippen LogP contribution in [0.15, 0.2) is 24.3 Å². The molecule has 0 unspecified atom stereocenters. The first-order valence-corrected chi connectivity index (χ1v) is 6.43. The lowest BCUT2D eigenvalue weighted by Crippen LogP contribution is -2.12. The highest BCUT2D eigenvalue weighted by molar-refractivity contribution is 5.92. The van der Waals surface area contributed by atoms with Crippen LogP contribution in [0.2, 0.25) is 0 Å². The molecule has 20 heavy (non-hydrogen) atoms. The SMILES string of the molecule is CCC(=O)Nc1ccc(NC(=O)CCCC(=O)O)cc1. The van der Waals surface area contributed by atoms with Gasteiger partial charge in [0, 0.05) is 30.6 Å². The summed E-state index contributed by atoms with van der Waals surface area (Å²) < 4.78 is 0. The van der Waals surface area contributed by atoms with Gasteiger partial charge < -0.3 is 15.7 Å². The van der Waals surface area contributed by atoms with Crippen molar-refractivity contribution in [3.05, 3.63) is 24.3 Å². The first-order chi connectivity index (χ1) is 9.51. The van der Waals surface area contributed by atoms with Gasteiger partial charge in [0.15, 0.2) is 0 Å². The van der Waals surface area contributed by atoms with Gasteiger partial charge in [-0.2, -0.15) is 0 Å². The van der Waals surface area contributed by atoms with E-state index in [2.05, 4.69) is 10.6 Å². The standard InChI is InChI=1S/C14H18N2O4/c1-2-12(17)15-10-6-8-11(9-7-10)16-13(18)4-3-5-14(19)20/h6-9H,2-5H2,1H3,(H,15,17)(H,16,18)(H,19,20). The minimum Gasteiger partial charge on any atom is -0.481 e. The Kier molecular flexibility index (Phi) is 6.22. The van der Waals surface area contributed by atoms with Crippen molar-refractivity contribution in [2.75, 3.05) is 10.6 Å². The fourth-order valence-corrected chi connectivity index (χ4v) is 1.51. The van der Waals surface area contributed by atoms with Gasteiger partial charge in [0.25, 0.3) is 0 Å². The van der Waals surface area contributed by atoms with E-state index in [0.717, 1.165) is 0 Å². The van der Waals surface area contributed by atoms with Crippen LogP contribution in [0, 0.1) is 0 Å². The van der Waals surface area contributed by atoms with Crippen LogP contribution < -0.4 is 10.6 Å². The number of amides is 2. The van der Waals surface area contributed by atoms with Crippen LogP contribution in [0.25, 0.3) is 0 Å². The van der Waals surface area contributed by atoms with E-state index in [9.17, 15) is 14.4 Å². The van der Waals surface area contributed by atoms with Crippen molar-refractivity contribution in [3.8, 4) is 0 Å².